The molecule has 2 heterocycles. The van der Waals surface area contributed by atoms with Gasteiger partial charge in [0.25, 0.3) is 5.91 Å². The van der Waals surface area contributed by atoms with E-state index in [0.717, 1.165) is 11.5 Å². The number of nitrogens with one attached hydrogen (secondary N) is 1. The number of thiophene rings is 1. The molecule has 3 rings (SSSR count). The molecule has 7 nitrogen and oxygen atoms in total. The number of amides is 1. The summed E-state index contributed by atoms with van der Waals surface area (Å²) in [7, 11) is 1.54. The van der Waals surface area contributed by atoms with Gasteiger partial charge in [0.15, 0.2) is 5.82 Å². The molecule has 0 aliphatic heterocycles. The number of para-hydroxylation sites is 2. The van der Waals surface area contributed by atoms with E-state index in [4.69, 9.17) is 4.74 Å². The number of anilines is 1. The first kappa shape index (κ1) is 15.2. The van der Waals surface area contributed by atoms with Gasteiger partial charge in [-0.05, 0) is 34.0 Å². The summed E-state index contributed by atoms with van der Waals surface area (Å²) in [6.45, 7) is 1.97. The third-order valence-corrected chi connectivity index (χ3v) is 4.18. The van der Waals surface area contributed by atoms with E-state index in [1.54, 1.807) is 17.9 Å². The van der Waals surface area contributed by atoms with Gasteiger partial charge in [0.1, 0.15) is 10.6 Å². The Morgan fingerprint density at radius 3 is 2.96 bits per heavy atom. The zero-order valence-corrected chi connectivity index (χ0v) is 13.5. The van der Waals surface area contributed by atoms with Gasteiger partial charge in [-0.3, -0.25) is 4.79 Å². The molecule has 0 spiro atoms. The van der Waals surface area contributed by atoms with E-state index in [-0.39, 0.29) is 5.91 Å². The zero-order valence-electron chi connectivity index (χ0n) is 12.7. The third-order valence-electron chi connectivity index (χ3n) is 3.29. The SMILES string of the molecule is CCc1nnnn1-c1ccccc1NC(=O)c1sccc1OC. The van der Waals surface area contributed by atoms with Gasteiger partial charge < -0.3 is 10.1 Å². The van der Waals surface area contributed by atoms with Crippen LogP contribution < -0.4 is 10.1 Å². The number of aromatic nitrogens is 4. The van der Waals surface area contributed by atoms with Crippen molar-refractivity contribution >= 4 is 22.9 Å². The highest BCUT2D eigenvalue weighted by Gasteiger charge is 2.17. The number of carbonyl (C=O) groups excluding carboxylic acids is 1. The van der Waals surface area contributed by atoms with Crippen LogP contribution in [0.15, 0.2) is 35.7 Å². The Hall–Kier alpha value is -2.74. The minimum absolute atomic E-state index is 0.226. The maximum Gasteiger partial charge on any atom is 0.269 e. The summed E-state index contributed by atoms with van der Waals surface area (Å²) >= 11 is 1.33. The first-order chi connectivity index (χ1) is 11.2. The van der Waals surface area contributed by atoms with Crippen LogP contribution in [0.25, 0.3) is 5.69 Å². The van der Waals surface area contributed by atoms with Crippen molar-refractivity contribution in [3.63, 3.8) is 0 Å². The fourth-order valence-corrected chi connectivity index (χ4v) is 2.93. The minimum Gasteiger partial charge on any atom is -0.495 e. The van der Waals surface area contributed by atoms with Crippen LogP contribution in [0.4, 0.5) is 5.69 Å². The van der Waals surface area contributed by atoms with Crippen LogP contribution in [0.5, 0.6) is 5.75 Å². The second kappa shape index (κ2) is 6.57. The number of carbonyl (C=O) groups is 1. The fraction of sp³-hybridized carbons (Fsp3) is 0.200. The zero-order chi connectivity index (χ0) is 16.2. The van der Waals surface area contributed by atoms with E-state index in [1.165, 1.54) is 11.3 Å². The molecule has 0 saturated heterocycles. The average Bonchev–Trinajstić information content (AvgIpc) is 3.23. The Kier molecular flexibility index (Phi) is 4.33. The maximum atomic E-state index is 12.5. The molecule has 0 aliphatic rings. The maximum absolute atomic E-state index is 12.5. The van der Waals surface area contributed by atoms with Crippen LogP contribution in [0, 0.1) is 0 Å². The topological polar surface area (TPSA) is 81.9 Å². The molecule has 23 heavy (non-hydrogen) atoms. The number of benzene rings is 1. The molecule has 8 heteroatoms. The van der Waals surface area contributed by atoms with Gasteiger partial charge in [-0.15, -0.1) is 16.4 Å². The van der Waals surface area contributed by atoms with Crippen molar-refractivity contribution in [1.29, 1.82) is 0 Å². The van der Waals surface area contributed by atoms with Gasteiger partial charge in [-0.25, -0.2) is 0 Å². The number of hydrogen-bond donors (Lipinski definition) is 1. The van der Waals surface area contributed by atoms with Crippen molar-refractivity contribution in [3.05, 3.63) is 46.4 Å². The van der Waals surface area contributed by atoms with E-state index >= 15 is 0 Å². The summed E-state index contributed by atoms with van der Waals surface area (Å²) in [5, 5.41) is 16.4. The van der Waals surface area contributed by atoms with E-state index in [9.17, 15) is 4.79 Å². The molecule has 1 aromatic carbocycles. The second-order valence-electron chi connectivity index (χ2n) is 4.65. The molecule has 0 atom stereocenters. The Labute approximate surface area is 136 Å². The molecule has 0 saturated carbocycles. The standard InChI is InChI=1S/C15H15N5O2S/c1-3-13-17-18-19-20(13)11-7-5-4-6-10(11)16-15(21)14-12(22-2)8-9-23-14/h4-9H,3H2,1-2H3,(H,16,21). The largest absolute Gasteiger partial charge is 0.495 e. The molecule has 118 valence electrons. The van der Waals surface area contributed by atoms with Crippen LogP contribution in [0.1, 0.15) is 22.4 Å². The minimum atomic E-state index is -0.226. The molecule has 0 radical (unpaired) electrons. The molecule has 0 bridgehead atoms. The van der Waals surface area contributed by atoms with Gasteiger partial charge in [-0.2, -0.15) is 4.68 Å². The van der Waals surface area contributed by atoms with Gasteiger partial charge in [0, 0.05) is 6.42 Å². The lowest BCUT2D eigenvalue weighted by Crippen LogP contribution is -2.14. The quantitative estimate of drug-likeness (QED) is 0.778. The van der Waals surface area contributed by atoms with Crippen molar-refractivity contribution in [1.82, 2.24) is 20.2 Å². The van der Waals surface area contributed by atoms with Gasteiger partial charge in [0.05, 0.1) is 18.5 Å². The Bertz CT molecular complexity index is 827. The average molecular weight is 329 g/mol. The van der Waals surface area contributed by atoms with Crippen LogP contribution in [0.3, 0.4) is 0 Å². The van der Waals surface area contributed by atoms with Gasteiger partial charge >= 0.3 is 0 Å². The summed E-state index contributed by atoms with van der Waals surface area (Å²) in [5.74, 6) is 1.05. The summed E-state index contributed by atoms with van der Waals surface area (Å²) in [5.41, 5.74) is 1.35. The second-order valence-corrected chi connectivity index (χ2v) is 5.57. The normalized spacial score (nSPS) is 10.5. The molecular weight excluding hydrogens is 314 g/mol. The van der Waals surface area contributed by atoms with Crippen molar-refractivity contribution < 1.29 is 9.53 Å². The molecule has 0 unspecified atom stereocenters. The number of nitrogens with zero attached hydrogens (tertiary/aromatic N) is 4. The summed E-state index contributed by atoms with van der Waals surface area (Å²) in [4.78, 5) is 13.0. The Morgan fingerprint density at radius 1 is 1.35 bits per heavy atom. The number of rotatable bonds is 5. The van der Waals surface area contributed by atoms with E-state index in [1.807, 2.05) is 36.6 Å². The van der Waals surface area contributed by atoms with Crippen LogP contribution in [0.2, 0.25) is 0 Å². The molecule has 3 aromatic rings. The highest BCUT2D eigenvalue weighted by atomic mass is 32.1. The number of aryl methyl sites for hydroxylation is 1. The van der Waals surface area contributed by atoms with Crippen molar-refractivity contribution in [2.24, 2.45) is 0 Å². The highest BCUT2D eigenvalue weighted by molar-refractivity contribution is 7.12. The monoisotopic (exact) mass is 329 g/mol. The number of ether oxygens (including phenoxy) is 1. The van der Waals surface area contributed by atoms with Crippen LogP contribution in [-0.2, 0) is 6.42 Å². The van der Waals surface area contributed by atoms with Crippen molar-refractivity contribution in [2.75, 3.05) is 12.4 Å². The summed E-state index contributed by atoms with van der Waals surface area (Å²) in [6, 6.07) is 9.16. The smallest absolute Gasteiger partial charge is 0.269 e. The molecule has 1 N–H and O–H groups in total. The van der Waals surface area contributed by atoms with Crippen LogP contribution >= 0.6 is 11.3 Å². The molecule has 0 fully saturated rings. The fourth-order valence-electron chi connectivity index (χ4n) is 2.18. The Balaban J connectivity index is 1.94. The summed E-state index contributed by atoms with van der Waals surface area (Å²) < 4.78 is 6.82. The van der Waals surface area contributed by atoms with Crippen molar-refractivity contribution in [3.8, 4) is 11.4 Å². The molecule has 1 amide bonds. The number of methoxy groups -OCH3 is 1. The molecule has 0 aliphatic carbocycles. The lowest BCUT2D eigenvalue weighted by Gasteiger charge is -2.11. The van der Waals surface area contributed by atoms with Gasteiger partial charge in [0.2, 0.25) is 0 Å². The molecular formula is C15H15N5O2S. The highest BCUT2D eigenvalue weighted by Crippen LogP contribution is 2.27. The lowest BCUT2D eigenvalue weighted by molar-refractivity contribution is 0.102. The lowest BCUT2D eigenvalue weighted by atomic mass is 10.2. The first-order valence-corrected chi connectivity index (χ1v) is 7.92. The number of tetrazole rings is 1. The van der Waals surface area contributed by atoms with E-state index < -0.39 is 0 Å². The Morgan fingerprint density at radius 2 is 2.17 bits per heavy atom. The first-order valence-electron chi connectivity index (χ1n) is 7.04. The van der Waals surface area contributed by atoms with Crippen LogP contribution in [-0.4, -0.2) is 33.2 Å². The predicted molar refractivity (Wildman–Crippen MR) is 87.4 cm³/mol. The molecule has 2 aromatic heterocycles. The van der Waals surface area contributed by atoms with Crippen molar-refractivity contribution in [2.45, 2.75) is 13.3 Å². The summed E-state index contributed by atoms with van der Waals surface area (Å²) in [6.07, 6.45) is 0.689. The van der Waals surface area contributed by atoms with E-state index in [2.05, 4.69) is 20.8 Å². The number of hydrogen-bond acceptors (Lipinski definition) is 6. The van der Waals surface area contributed by atoms with Gasteiger partial charge in [-0.1, -0.05) is 19.1 Å². The predicted octanol–water partition coefficient (Wildman–Crippen LogP) is 2.55. The van der Waals surface area contributed by atoms with E-state index in [0.29, 0.717) is 22.7 Å². The third kappa shape index (κ3) is 2.93.